The Morgan fingerprint density at radius 3 is 2.76 bits per heavy atom. The van der Waals surface area contributed by atoms with Crippen LogP contribution in [-0.4, -0.2) is 67.2 Å². The Morgan fingerprint density at radius 1 is 1.20 bits per heavy atom. The standard InChI is InChI=1S/C28H34N10O2Si/c1-28(17-30,21-5-7-36(15-21)27-24(11-29)35-22(16-39)13-31-27)38-14-20(12-34-38)25-23-6-8-37(26(23)33-18-32-25)19-40-9-10-41(2,3)4/h6,8,12-14,18,21,39H,5,7,9-10,15-16,19H2,1-4H3/t21-,28+/m0/s1. The van der Waals surface area contributed by atoms with Crippen LogP contribution < -0.4 is 4.90 Å². The molecule has 0 amide bonds. The van der Waals surface area contributed by atoms with Crippen LogP contribution in [0.3, 0.4) is 0 Å². The summed E-state index contributed by atoms with van der Waals surface area (Å²) in [4.78, 5) is 19.6. The number of ether oxygens (including phenoxy) is 1. The Morgan fingerprint density at radius 2 is 2.02 bits per heavy atom. The van der Waals surface area contributed by atoms with Crippen LogP contribution in [-0.2, 0) is 23.6 Å². The Hall–Kier alpha value is -4.17. The van der Waals surface area contributed by atoms with Crippen molar-refractivity contribution in [1.82, 2.24) is 34.3 Å². The minimum Gasteiger partial charge on any atom is -0.390 e. The molecule has 0 bridgehead atoms. The molecule has 41 heavy (non-hydrogen) atoms. The first-order valence-electron chi connectivity index (χ1n) is 13.6. The lowest BCUT2D eigenvalue weighted by Crippen LogP contribution is -2.39. The number of aromatic nitrogens is 7. The Kier molecular flexibility index (Phi) is 7.86. The summed E-state index contributed by atoms with van der Waals surface area (Å²) in [5.41, 5.74) is 1.89. The lowest BCUT2D eigenvalue weighted by Gasteiger charge is -2.29. The van der Waals surface area contributed by atoms with Crippen LogP contribution in [0.15, 0.2) is 37.2 Å². The van der Waals surface area contributed by atoms with E-state index in [1.165, 1.54) is 6.20 Å². The SMILES string of the molecule is C[C@@](C#N)([C@H]1CCN(c2ncc(CO)nc2C#N)C1)n1cc(-c2ncnc3c2ccn3COCC[Si](C)(C)C)cn1. The fraction of sp³-hybridized carbons (Fsp3) is 0.464. The van der Waals surface area contributed by atoms with Gasteiger partial charge in [-0.25, -0.2) is 19.9 Å². The molecule has 212 valence electrons. The molecule has 4 aromatic rings. The second kappa shape index (κ2) is 11.4. The van der Waals surface area contributed by atoms with Crippen LogP contribution >= 0.6 is 0 Å². The van der Waals surface area contributed by atoms with Gasteiger partial charge >= 0.3 is 0 Å². The average Bonchev–Trinajstić information content (AvgIpc) is 3.74. The van der Waals surface area contributed by atoms with E-state index in [9.17, 15) is 15.6 Å². The summed E-state index contributed by atoms with van der Waals surface area (Å²) in [6.45, 7) is 10.9. The van der Waals surface area contributed by atoms with Gasteiger partial charge in [0, 0.05) is 57.0 Å². The van der Waals surface area contributed by atoms with E-state index in [1.807, 2.05) is 34.9 Å². The lowest BCUT2D eigenvalue weighted by molar-refractivity contribution is 0.0899. The van der Waals surface area contributed by atoms with Crippen molar-refractivity contribution in [3.8, 4) is 23.4 Å². The maximum Gasteiger partial charge on any atom is 0.183 e. The van der Waals surface area contributed by atoms with Crippen molar-refractivity contribution in [2.24, 2.45) is 5.92 Å². The molecule has 0 aromatic carbocycles. The van der Waals surface area contributed by atoms with Gasteiger partial charge in [0.2, 0.25) is 0 Å². The summed E-state index contributed by atoms with van der Waals surface area (Å²) < 4.78 is 9.63. The number of anilines is 1. The molecule has 5 heterocycles. The molecule has 0 unspecified atom stereocenters. The number of rotatable bonds is 10. The number of hydrogen-bond acceptors (Lipinski definition) is 10. The van der Waals surface area contributed by atoms with Crippen LogP contribution in [0, 0.1) is 28.6 Å². The molecule has 0 saturated carbocycles. The van der Waals surface area contributed by atoms with Crippen LogP contribution in [0.1, 0.15) is 24.7 Å². The molecule has 5 rings (SSSR count). The summed E-state index contributed by atoms with van der Waals surface area (Å²) in [5, 5.41) is 34.8. The van der Waals surface area contributed by atoms with Gasteiger partial charge in [0.25, 0.3) is 0 Å². The highest BCUT2D eigenvalue weighted by Crippen LogP contribution is 2.36. The third kappa shape index (κ3) is 5.70. The predicted octanol–water partition coefficient (Wildman–Crippen LogP) is 3.53. The smallest absolute Gasteiger partial charge is 0.183 e. The van der Waals surface area contributed by atoms with Gasteiger partial charge in [-0.15, -0.1) is 0 Å². The quantitative estimate of drug-likeness (QED) is 0.221. The van der Waals surface area contributed by atoms with Crippen LogP contribution in [0.2, 0.25) is 25.7 Å². The highest BCUT2D eigenvalue weighted by molar-refractivity contribution is 6.76. The molecule has 1 aliphatic heterocycles. The number of hydrogen-bond donors (Lipinski definition) is 1. The van der Waals surface area contributed by atoms with Gasteiger partial charge in [-0.3, -0.25) is 4.68 Å². The molecule has 4 aromatic heterocycles. The number of nitrogens with zero attached hydrogens (tertiary/aromatic N) is 10. The zero-order chi connectivity index (χ0) is 29.2. The molecule has 12 nitrogen and oxygen atoms in total. The first-order chi connectivity index (χ1) is 19.7. The summed E-state index contributed by atoms with van der Waals surface area (Å²) in [5.74, 6) is 0.386. The average molecular weight is 571 g/mol. The molecule has 1 N–H and O–H groups in total. The van der Waals surface area contributed by atoms with E-state index in [4.69, 9.17) is 4.74 Å². The summed E-state index contributed by atoms with van der Waals surface area (Å²) in [6.07, 6.45) is 9.29. The normalized spacial score (nSPS) is 17.0. The number of nitriles is 2. The van der Waals surface area contributed by atoms with Gasteiger partial charge in [-0.2, -0.15) is 15.6 Å². The number of fused-ring (bicyclic) bond motifs is 1. The Balaban J connectivity index is 1.35. The maximum atomic E-state index is 10.4. The fourth-order valence-corrected chi connectivity index (χ4v) is 5.88. The van der Waals surface area contributed by atoms with E-state index in [1.54, 1.807) is 17.2 Å². The van der Waals surface area contributed by atoms with Crippen molar-refractivity contribution in [3.63, 3.8) is 0 Å². The van der Waals surface area contributed by atoms with Gasteiger partial charge in [0.1, 0.15) is 24.8 Å². The minimum absolute atomic E-state index is 0.0779. The van der Waals surface area contributed by atoms with E-state index in [-0.39, 0.29) is 18.2 Å². The van der Waals surface area contributed by atoms with Gasteiger partial charge in [-0.1, -0.05) is 19.6 Å². The highest BCUT2D eigenvalue weighted by atomic mass is 28.3. The van der Waals surface area contributed by atoms with E-state index in [0.717, 1.165) is 34.9 Å². The minimum atomic E-state index is -1.16. The first-order valence-corrected chi connectivity index (χ1v) is 17.3. The maximum absolute atomic E-state index is 10.4. The van der Waals surface area contributed by atoms with Gasteiger partial charge < -0.3 is 19.3 Å². The topological polar surface area (TPSA) is 155 Å². The van der Waals surface area contributed by atoms with Gasteiger partial charge in [0.15, 0.2) is 17.1 Å². The molecule has 1 fully saturated rings. The molecule has 1 aliphatic rings. The summed E-state index contributed by atoms with van der Waals surface area (Å²) >= 11 is 0. The van der Waals surface area contributed by atoms with E-state index >= 15 is 0 Å². The Bertz CT molecular complexity index is 1630. The van der Waals surface area contributed by atoms with E-state index in [2.05, 4.69) is 56.8 Å². The first kappa shape index (κ1) is 28.4. The molecular weight excluding hydrogens is 536 g/mol. The predicted molar refractivity (Wildman–Crippen MR) is 155 cm³/mol. The monoisotopic (exact) mass is 570 g/mol. The molecule has 0 radical (unpaired) electrons. The fourth-order valence-electron chi connectivity index (χ4n) is 5.12. The van der Waals surface area contributed by atoms with Crippen LogP contribution in [0.25, 0.3) is 22.3 Å². The molecule has 0 spiro atoms. The van der Waals surface area contributed by atoms with Crippen molar-refractivity contribution in [3.05, 3.63) is 48.6 Å². The molecule has 0 aliphatic carbocycles. The van der Waals surface area contributed by atoms with Gasteiger partial charge in [0.05, 0.1) is 36.5 Å². The summed E-state index contributed by atoms with van der Waals surface area (Å²) in [7, 11) is -1.16. The van der Waals surface area contributed by atoms with Crippen molar-refractivity contribution >= 4 is 24.9 Å². The van der Waals surface area contributed by atoms with Crippen molar-refractivity contribution < 1.29 is 9.84 Å². The van der Waals surface area contributed by atoms with E-state index in [0.29, 0.717) is 37.8 Å². The zero-order valence-electron chi connectivity index (χ0n) is 23.8. The highest BCUT2D eigenvalue weighted by Gasteiger charge is 2.42. The Labute approximate surface area is 239 Å². The largest absolute Gasteiger partial charge is 0.390 e. The lowest BCUT2D eigenvalue weighted by atomic mass is 9.86. The molecular formula is C28H34N10O2Si. The van der Waals surface area contributed by atoms with Crippen molar-refractivity contribution in [2.75, 3.05) is 24.6 Å². The van der Waals surface area contributed by atoms with Crippen molar-refractivity contribution in [2.45, 2.75) is 57.9 Å². The molecule has 2 atom stereocenters. The second-order valence-electron chi connectivity index (χ2n) is 11.8. The zero-order valence-corrected chi connectivity index (χ0v) is 24.8. The molecule has 1 saturated heterocycles. The number of aliphatic hydroxyl groups is 1. The van der Waals surface area contributed by atoms with Crippen molar-refractivity contribution in [1.29, 1.82) is 10.5 Å². The number of aliphatic hydroxyl groups excluding tert-OH is 1. The second-order valence-corrected chi connectivity index (χ2v) is 17.4. The van der Waals surface area contributed by atoms with Crippen LogP contribution in [0.4, 0.5) is 5.82 Å². The summed E-state index contributed by atoms with van der Waals surface area (Å²) in [6, 6.07) is 7.65. The molecule has 13 heteroatoms. The van der Waals surface area contributed by atoms with Crippen LogP contribution in [0.5, 0.6) is 0 Å². The third-order valence-corrected chi connectivity index (χ3v) is 9.40. The van der Waals surface area contributed by atoms with E-state index < -0.39 is 13.6 Å². The third-order valence-electron chi connectivity index (χ3n) is 7.69. The van der Waals surface area contributed by atoms with Gasteiger partial charge in [-0.05, 0) is 25.5 Å².